The van der Waals surface area contributed by atoms with Gasteiger partial charge >= 0.3 is 21.1 Å². The van der Waals surface area contributed by atoms with Crippen molar-refractivity contribution in [3.8, 4) is 11.4 Å². The molecular formula is C61H43N11Pt. The van der Waals surface area contributed by atoms with Crippen LogP contribution in [0.4, 0.5) is 34.4 Å². The van der Waals surface area contributed by atoms with Crippen LogP contribution in [0, 0.1) is 0 Å². The maximum Gasteiger partial charge on any atom is 2.00 e. The Balaban J connectivity index is 0.00000543. The molecule has 10 aromatic rings. The molecule has 8 aromatic carbocycles. The van der Waals surface area contributed by atoms with Crippen molar-refractivity contribution in [2.24, 2.45) is 5.10 Å². The molecule has 12 heteroatoms. The number of nitrogens with zero attached hydrogens (tertiary/aromatic N) is 11. The molecule has 13 rings (SSSR count). The third kappa shape index (κ3) is 8.27. The van der Waals surface area contributed by atoms with Gasteiger partial charge in [-0.15, -0.1) is 0 Å². The van der Waals surface area contributed by atoms with Crippen molar-refractivity contribution in [1.82, 2.24) is 19.1 Å². The number of para-hydroxylation sites is 6. The summed E-state index contributed by atoms with van der Waals surface area (Å²) in [5.74, 6) is 4.83. The minimum absolute atomic E-state index is 0. The zero-order valence-corrected chi connectivity index (χ0v) is 41.3. The van der Waals surface area contributed by atoms with Gasteiger partial charge in [-0.05, 0) is 77.2 Å². The average Bonchev–Trinajstić information content (AvgIpc) is 4.28. The van der Waals surface area contributed by atoms with Crippen LogP contribution in [0.3, 0.4) is 0 Å². The van der Waals surface area contributed by atoms with Gasteiger partial charge in [-0.3, -0.25) is 14.2 Å². The first-order valence-corrected chi connectivity index (χ1v) is 23.8. The van der Waals surface area contributed by atoms with E-state index < -0.39 is 0 Å². The van der Waals surface area contributed by atoms with E-state index in [2.05, 4.69) is 159 Å². The van der Waals surface area contributed by atoms with Crippen molar-refractivity contribution in [3.05, 3.63) is 312 Å². The molecule has 11 nitrogen and oxygen atoms in total. The SMILES string of the molecule is C1=C2[N-]C(=C(c3ccccc3)c3nc(cn3-c3ccccc3)N(c3ccccc3)C3=NN(c4ccccc4)C(=C(c4ccccc4)c4nc(cn4-c4ccccc4)N2c2ccccc2)[N-]3)N1c1ccccc1.[Pt+2]. The minimum atomic E-state index is 0. The normalized spacial score (nSPS) is 14.1. The van der Waals surface area contributed by atoms with Crippen LogP contribution in [0.5, 0.6) is 0 Å². The molecule has 0 spiro atoms. The zero-order chi connectivity index (χ0) is 47.8. The predicted octanol–water partition coefficient (Wildman–Crippen LogP) is 14.3. The fourth-order valence-electron chi connectivity index (χ4n) is 9.43. The summed E-state index contributed by atoms with van der Waals surface area (Å²) in [4.78, 5) is 17.8. The molecule has 352 valence electrons. The molecule has 0 aliphatic carbocycles. The maximum absolute atomic E-state index is 5.76. The Bertz CT molecular complexity index is 3430. The molecule has 0 amide bonds. The molecule has 0 atom stereocenters. The number of guanidine groups is 1. The van der Waals surface area contributed by atoms with E-state index in [0.717, 1.165) is 56.4 Å². The molecule has 0 fully saturated rings. The van der Waals surface area contributed by atoms with Gasteiger partial charge in [-0.2, -0.15) is 0 Å². The average molecular weight is 1130 g/mol. The number of anilines is 6. The number of imidazole rings is 2. The molecule has 2 aromatic heterocycles. The Kier molecular flexibility index (Phi) is 11.9. The van der Waals surface area contributed by atoms with Gasteiger partial charge in [0.25, 0.3) is 0 Å². The molecule has 0 saturated heterocycles. The quantitative estimate of drug-likeness (QED) is 0.151. The van der Waals surface area contributed by atoms with E-state index in [9.17, 15) is 0 Å². The van der Waals surface area contributed by atoms with E-state index >= 15 is 0 Å². The van der Waals surface area contributed by atoms with E-state index in [0.29, 0.717) is 46.7 Å². The second-order valence-corrected chi connectivity index (χ2v) is 17.2. The summed E-state index contributed by atoms with van der Waals surface area (Å²) >= 11 is 0. The Morgan fingerprint density at radius 2 is 0.712 bits per heavy atom. The first-order valence-electron chi connectivity index (χ1n) is 23.8. The van der Waals surface area contributed by atoms with Crippen molar-refractivity contribution in [2.75, 3.05) is 19.7 Å². The number of aromatic nitrogens is 4. The molecule has 0 unspecified atom stereocenters. The van der Waals surface area contributed by atoms with Crippen molar-refractivity contribution in [2.45, 2.75) is 0 Å². The van der Waals surface area contributed by atoms with Gasteiger partial charge in [0.1, 0.15) is 23.3 Å². The van der Waals surface area contributed by atoms with E-state index in [4.69, 9.17) is 25.7 Å². The van der Waals surface area contributed by atoms with Crippen molar-refractivity contribution < 1.29 is 21.1 Å². The molecule has 8 bridgehead atoms. The van der Waals surface area contributed by atoms with E-state index in [1.54, 1.807) is 0 Å². The molecule has 3 aliphatic rings. The fourth-order valence-corrected chi connectivity index (χ4v) is 9.43. The van der Waals surface area contributed by atoms with Crippen LogP contribution in [0.15, 0.2) is 284 Å². The third-order valence-corrected chi connectivity index (χ3v) is 12.7. The van der Waals surface area contributed by atoms with E-state index in [1.165, 1.54) is 0 Å². The van der Waals surface area contributed by atoms with Crippen LogP contribution in [-0.4, -0.2) is 25.1 Å². The Morgan fingerprint density at radius 1 is 0.342 bits per heavy atom. The minimum Gasteiger partial charge on any atom is -0.375 e. The molecule has 0 saturated carbocycles. The summed E-state index contributed by atoms with van der Waals surface area (Å²) in [7, 11) is 0. The topological polar surface area (TPSA) is 89.2 Å². The third-order valence-electron chi connectivity index (χ3n) is 12.7. The number of hydrogen-bond donors (Lipinski definition) is 0. The van der Waals surface area contributed by atoms with Gasteiger partial charge in [0.05, 0.1) is 11.8 Å². The van der Waals surface area contributed by atoms with Crippen molar-refractivity contribution in [1.29, 1.82) is 0 Å². The number of rotatable bonds is 8. The number of hydrazone groups is 1. The first kappa shape index (κ1) is 44.7. The number of benzene rings is 8. The van der Waals surface area contributed by atoms with Crippen LogP contribution >= 0.6 is 0 Å². The monoisotopic (exact) mass is 1120 g/mol. The van der Waals surface area contributed by atoms with E-state index in [1.807, 2.05) is 131 Å². The van der Waals surface area contributed by atoms with Crippen LogP contribution in [-0.2, 0) is 21.1 Å². The van der Waals surface area contributed by atoms with Gasteiger partial charge < -0.3 is 30.3 Å². The summed E-state index contributed by atoms with van der Waals surface area (Å²) in [6, 6.07) is 82.3. The maximum atomic E-state index is 5.76. The second kappa shape index (κ2) is 19.4. The molecule has 0 radical (unpaired) electrons. The summed E-state index contributed by atoms with van der Waals surface area (Å²) in [6.07, 6.45) is 6.27. The van der Waals surface area contributed by atoms with Gasteiger partial charge in [0, 0.05) is 57.9 Å². The smallest absolute Gasteiger partial charge is 0.375 e. The molecule has 73 heavy (non-hydrogen) atoms. The molecule has 5 heterocycles. The summed E-state index contributed by atoms with van der Waals surface area (Å²) in [5.41, 5.74) is 8.64. The zero-order valence-electron chi connectivity index (χ0n) is 39.1. The number of hydrogen-bond acceptors (Lipinski definition) is 7. The Hall–Kier alpha value is -9.44. The van der Waals surface area contributed by atoms with Crippen molar-refractivity contribution >= 4 is 51.5 Å². The van der Waals surface area contributed by atoms with Gasteiger partial charge in [-0.25, -0.2) is 9.97 Å². The van der Waals surface area contributed by atoms with E-state index in [-0.39, 0.29) is 21.1 Å². The van der Waals surface area contributed by atoms with Gasteiger partial charge in [0.15, 0.2) is 0 Å². The van der Waals surface area contributed by atoms with Crippen LogP contribution in [0.2, 0.25) is 0 Å². The van der Waals surface area contributed by atoms with Crippen LogP contribution < -0.4 is 19.7 Å². The predicted molar refractivity (Wildman–Crippen MR) is 289 cm³/mol. The van der Waals surface area contributed by atoms with Crippen LogP contribution in [0.25, 0.3) is 33.2 Å². The fraction of sp³-hybridized carbons (Fsp3) is 0. The standard InChI is InChI=1S/C61H43N11.Pt/c1-9-25-44(26-10-1)55-57-62-52(41-67(57)46-29-13-3-14-30-46)70(49-35-19-6-20-36-49)53-42-68(47-31-15-4-16-32-47)59(63-53)56(45-27-11-2-12-28-45)60-65-61(66-72(60)51-39-23-8-24-40-51)71(50-37-21-7-22-38-50)54-43-69(58(55)64-54)48-33-17-5-18-34-48;/h1-43H;/q-2;+2. The first-order chi connectivity index (χ1) is 35.7. The molecule has 0 N–H and O–H groups in total. The van der Waals surface area contributed by atoms with Gasteiger partial charge in [-0.1, -0.05) is 194 Å². The largest absolute Gasteiger partial charge is 2.00 e. The van der Waals surface area contributed by atoms with Gasteiger partial charge in [0.2, 0.25) is 0 Å². The molecule has 3 aliphatic heterocycles. The molecular weight excluding hydrogens is 1080 g/mol. The summed E-state index contributed by atoms with van der Waals surface area (Å²) in [6.45, 7) is 0. The summed E-state index contributed by atoms with van der Waals surface area (Å²) in [5, 5.41) is 18.8. The Morgan fingerprint density at radius 3 is 1.18 bits per heavy atom. The summed E-state index contributed by atoms with van der Waals surface area (Å²) < 4.78 is 4.29. The number of fused-ring (bicyclic) bond motifs is 8. The van der Waals surface area contributed by atoms with Crippen LogP contribution in [0.1, 0.15) is 22.8 Å². The Labute approximate surface area is 437 Å². The second-order valence-electron chi connectivity index (χ2n) is 17.2. The van der Waals surface area contributed by atoms with Crippen molar-refractivity contribution in [3.63, 3.8) is 0 Å².